The summed E-state index contributed by atoms with van der Waals surface area (Å²) in [5.41, 5.74) is 3.44. The predicted octanol–water partition coefficient (Wildman–Crippen LogP) is 2.35. The third kappa shape index (κ3) is 1.79. The zero-order valence-electron chi connectivity index (χ0n) is 7.02. The maximum atomic E-state index is 3.39. The molecule has 0 spiro atoms. The van der Waals surface area contributed by atoms with E-state index >= 15 is 0 Å². The van der Waals surface area contributed by atoms with Gasteiger partial charge in [-0.25, -0.2) is 0 Å². The standard InChI is InChI=1S/C9H15NS/c1-7-3-5-11-10-4-2-8-6-9(7)8/h8,10H,2-6H2,1H3/b9-7-. The predicted molar refractivity (Wildman–Crippen MR) is 50.5 cm³/mol. The van der Waals surface area contributed by atoms with Crippen LogP contribution in [0.2, 0.25) is 0 Å². The van der Waals surface area contributed by atoms with Crippen molar-refractivity contribution >= 4 is 11.9 Å². The normalized spacial score (nSPS) is 38.5. The first-order chi connectivity index (χ1) is 5.38. The van der Waals surface area contributed by atoms with E-state index in [1.807, 2.05) is 11.9 Å². The van der Waals surface area contributed by atoms with Gasteiger partial charge in [0.25, 0.3) is 0 Å². The molecule has 1 unspecified atom stereocenters. The van der Waals surface area contributed by atoms with Gasteiger partial charge in [0.2, 0.25) is 0 Å². The van der Waals surface area contributed by atoms with Crippen molar-refractivity contribution in [3.8, 4) is 0 Å². The van der Waals surface area contributed by atoms with Crippen LogP contribution in [0.1, 0.15) is 26.2 Å². The van der Waals surface area contributed by atoms with Crippen molar-refractivity contribution in [3.63, 3.8) is 0 Å². The van der Waals surface area contributed by atoms with Crippen molar-refractivity contribution in [1.29, 1.82) is 0 Å². The molecule has 0 aromatic carbocycles. The van der Waals surface area contributed by atoms with Crippen molar-refractivity contribution in [2.24, 2.45) is 5.92 Å². The zero-order chi connectivity index (χ0) is 7.68. The molecule has 1 aliphatic carbocycles. The number of allylic oxidation sites excluding steroid dienone is 2. The van der Waals surface area contributed by atoms with Crippen LogP contribution in [0.4, 0.5) is 0 Å². The Labute approximate surface area is 72.8 Å². The molecular formula is C9H15NS. The topological polar surface area (TPSA) is 12.0 Å². The minimum absolute atomic E-state index is 0.959. The Hall–Kier alpha value is 0.0500. The lowest BCUT2D eigenvalue weighted by atomic mass is 10.2. The summed E-state index contributed by atoms with van der Waals surface area (Å²) in [5.74, 6) is 2.21. The maximum Gasteiger partial charge on any atom is 0.0116 e. The molecule has 1 saturated carbocycles. The van der Waals surface area contributed by atoms with Crippen LogP contribution < -0.4 is 4.72 Å². The van der Waals surface area contributed by atoms with Gasteiger partial charge in [-0.1, -0.05) is 23.1 Å². The van der Waals surface area contributed by atoms with Crippen LogP contribution in [0.3, 0.4) is 0 Å². The zero-order valence-corrected chi connectivity index (χ0v) is 7.84. The van der Waals surface area contributed by atoms with Crippen LogP contribution in [-0.2, 0) is 0 Å². The molecule has 0 saturated heterocycles. The lowest BCUT2D eigenvalue weighted by Crippen LogP contribution is -2.06. The van der Waals surface area contributed by atoms with Crippen LogP contribution in [0.25, 0.3) is 0 Å². The number of fused-ring (bicyclic) bond motifs is 1. The molecule has 1 aliphatic heterocycles. The average Bonchev–Trinajstić information content (AvgIpc) is 2.74. The Balaban J connectivity index is 2.00. The Kier molecular flexibility index (Phi) is 2.23. The SMILES string of the molecule is C/C1=C2\CC2CCNSCC1. The molecule has 1 atom stereocenters. The number of rotatable bonds is 0. The molecule has 0 radical (unpaired) electrons. The van der Waals surface area contributed by atoms with Gasteiger partial charge in [0, 0.05) is 12.3 Å². The fourth-order valence-electron chi connectivity index (χ4n) is 1.75. The summed E-state index contributed by atoms with van der Waals surface area (Å²) in [6.45, 7) is 3.51. The highest BCUT2D eigenvalue weighted by Crippen LogP contribution is 2.43. The summed E-state index contributed by atoms with van der Waals surface area (Å²) in [4.78, 5) is 0. The van der Waals surface area contributed by atoms with Crippen molar-refractivity contribution in [2.75, 3.05) is 12.3 Å². The lowest BCUT2D eigenvalue weighted by molar-refractivity contribution is 0.734. The first kappa shape index (κ1) is 7.69. The molecule has 0 amide bonds. The van der Waals surface area contributed by atoms with Gasteiger partial charge in [-0.3, -0.25) is 4.72 Å². The van der Waals surface area contributed by atoms with Crippen LogP contribution in [0.15, 0.2) is 11.1 Å². The van der Waals surface area contributed by atoms with Gasteiger partial charge in [0.05, 0.1) is 0 Å². The summed E-state index contributed by atoms with van der Waals surface area (Å²) in [6.07, 6.45) is 4.06. The van der Waals surface area contributed by atoms with E-state index in [1.54, 1.807) is 11.1 Å². The van der Waals surface area contributed by atoms with Gasteiger partial charge in [0.15, 0.2) is 0 Å². The molecule has 62 valence electrons. The highest BCUT2D eigenvalue weighted by Gasteiger charge is 2.30. The van der Waals surface area contributed by atoms with E-state index in [4.69, 9.17) is 0 Å². The first-order valence-electron chi connectivity index (χ1n) is 4.41. The van der Waals surface area contributed by atoms with Crippen molar-refractivity contribution in [3.05, 3.63) is 11.1 Å². The van der Waals surface area contributed by atoms with E-state index < -0.39 is 0 Å². The Morgan fingerprint density at radius 3 is 3.36 bits per heavy atom. The van der Waals surface area contributed by atoms with Crippen molar-refractivity contribution < 1.29 is 0 Å². The van der Waals surface area contributed by atoms with Crippen molar-refractivity contribution in [1.82, 2.24) is 4.72 Å². The van der Waals surface area contributed by atoms with Crippen LogP contribution in [0.5, 0.6) is 0 Å². The molecule has 1 nitrogen and oxygen atoms in total. The Bertz CT molecular complexity index is 186. The Morgan fingerprint density at radius 1 is 1.55 bits per heavy atom. The fraction of sp³-hybridized carbons (Fsp3) is 0.778. The largest absolute Gasteiger partial charge is 0.264 e. The van der Waals surface area contributed by atoms with Crippen LogP contribution in [0, 0.1) is 5.92 Å². The van der Waals surface area contributed by atoms with Gasteiger partial charge in [0.1, 0.15) is 0 Å². The van der Waals surface area contributed by atoms with Gasteiger partial charge in [-0.05, 0) is 32.1 Å². The monoisotopic (exact) mass is 169 g/mol. The Morgan fingerprint density at radius 2 is 2.45 bits per heavy atom. The summed E-state index contributed by atoms with van der Waals surface area (Å²) < 4.78 is 3.39. The second-order valence-corrected chi connectivity index (χ2v) is 4.47. The van der Waals surface area contributed by atoms with Gasteiger partial charge in [-0.15, -0.1) is 0 Å². The first-order valence-corrected chi connectivity index (χ1v) is 5.39. The van der Waals surface area contributed by atoms with Gasteiger partial charge in [-0.2, -0.15) is 0 Å². The number of hydrogen-bond donors (Lipinski definition) is 1. The molecule has 0 aromatic heterocycles. The third-order valence-electron chi connectivity index (χ3n) is 2.62. The lowest BCUT2D eigenvalue weighted by Gasteiger charge is -2.00. The molecule has 2 aliphatic rings. The molecule has 0 bridgehead atoms. The summed E-state index contributed by atoms with van der Waals surface area (Å²) in [5, 5.41) is 0. The minimum atomic E-state index is 0.959. The van der Waals surface area contributed by atoms with Crippen molar-refractivity contribution in [2.45, 2.75) is 26.2 Å². The second-order valence-electron chi connectivity index (χ2n) is 3.49. The molecule has 1 N–H and O–H groups in total. The quantitative estimate of drug-likeness (QED) is 0.441. The van der Waals surface area contributed by atoms with E-state index in [0.29, 0.717) is 0 Å². The highest BCUT2D eigenvalue weighted by atomic mass is 32.2. The summed E-state index contributed by atoms with van der Waals surface area (Å²) >= 11 is 1.88. The van der Waals surface area contributed by atoms with Gasteiger partial charge >= 0.3 is 0 Å². The average molecular weight is 169 g/mol. The molecule has 2 rings (SSSR count). The molecule has 1 fully saturated rings. The number of nitrogens with one attached hydrogen (secondary N) is 1. The summed E-state index contributed by atoms with van der Waals surface area (Å²) in [7, 11) is 0. The van der Waals surface area contributed by atoms with E-state index in [0.717, 1.165) is 5.92 Å². The van der Waals surface area contributed by atoms with Gasteiger partial charge < -0.3 is 0 Å². The molecule has 11 heavy (non-hydrogen) atoms. The molecule has 1 heterocycles. The molecular weight excluding hydrogens is 154 g/mol. The molecule has 2 heteroatoms. The van der Waals surface area contributed by atoms with E-state index in [9.17, 15) is 0 Å². The highest BCUT2D eigenvalue weighted by molar-refractivity contribution is 7.97. The summed E-state index contributed by atoms with van der Waals surface area (Å²) in [6, 6.07) is 0. The number of hydrogen-bond acceptors (Lipinski definition) is 2. The van der Waals surface area contributed by atoms with Crippen LogP contribution >= 0.6 is 11.9 Å². The molecule has 0 aromatic rings. The smallest absolute Gasteiger partial charge is 0.0116 e. The second kappa shape index (κ2) is 3.20. The fourth-order valence-corrected chi connectivity index (χ4v) is 2.56. The van der Waals surface area contributed by atoms with Crippen LogP contribution in [-0.4, -0.2) is 12.3 Å². The van der Waals surface area contributed by atoms with E-state index in [1.165, 1.54) is 31.6 Å². The third-order valence-corrected chi connectivity index (χ3v) is 3.44. The maximum absolute atomic E-state index is 3.39. The van der Waals surface area contributed by atoms with E-state index in [-0.39, 0.29) is 0 Å². The van der Waals surface area contributed by atoms with E-state index in [2.05, 4.69) is 11.6 Å². The minimum Gasteiger partial charge on any atom is -0.264 e.